The van der Waals surface area contributed by atoms with Crippen LogP contribution in [0.1, 0.15) is 49.2 Å². The number of rotatable bonds is 3. The van der Waals surface area contributed by atoms with Gasteiger partial charge in [-0.3, -0.25) is 4.79 Å². The molecule has 26 heavy (non-hydrogen) atoms. The molecule has 3 atom stereocenters. The van der Waals surface area contributed by atoms with Crippen molar-refractivity contribution in [3.05, 3.63) is 47.8 Å². The second kappa shape index (κ2) is 7.13. The van der Waals surface area contributed by atoms with Gasteiger partial charge < -0.3 is 5.32 Å². The van der Waals surface area contributed by atoms with E-state index in [4.69, 9.17) is 0 Å². The molecule has 0 radical (unpaired) electrons. The molecule has 2 aromatic rings. The highest BCUT2D eigenvalue weighted by Crippen LogP contribution is 2.33. The summed E-state index contributed by atoms with van der Waals surface area (Å²) in [6, 6.07) is 6.69. The minimum absolute atomic E-state index is 0.0753. The van der Waals surface area contributed by atoms with Crippen LogP contribution in [0.4, 0.5) is 13.2 Å². The van der Waals surface area contributed by atoms with Crippen LogP contribution in [0.3, 0.4) is 0 Å². The fourth-order valence-electron chi connectivity index (χ4n) is 3.61. The summed E-state index contributed by atoms with van der Waals surface area (Å²) < 4.78 is 40.6. The number of para-hydroxylation sites is 1. The highest BCUT2D eigenvalue weighted by molar-refractivity contribution is 5.92. The van der Waals surface area contributed by atoms with Crippen molar-refractivity contribution < 1.29 is 18.0 Å². The van der Waals surface area contributed by atoms with E-state index in [1.807, 2.05) is 0 Å². The van der Waals surface area contributed by atoms with Crippen LogP contribution in [-0.2, 0) is 6.18 Å². The summed E-state index contributed by atoms with van der Waals surface area (Å²) in [5, 5.41) is 7.04. The van der Waals surface area contributed by atoms with Gasteiger partial charge in [0.15, 0.2) is 5.69 Å². The number of nitrogens with one attached hydrogen (secondary N) is 1. The third-order valence-electron chi connectivity index (χ3n) is 5.03. The van der Waals surface area contributed by atoms with Gasteiger partial charge in [-0.1, -0.05) is 26.0 Å². The summed E-state index contributed by atoms with van der Waals surface area (Å²) in [7, 11) is 0. The van der Waals surface area contributed by atoms with Gasteiger partial charge in [0.25, 0.3) is 5.91 Å². The fourth-order valence-corrected chi connectivity index (χ4v) is 3.61. The lowest BCUT2D eigenvalue weighted by Crippen LogP contribution is -2.42. The van der Waals surface area contributed by atoms with Gasteiger partial charge in [-0.05, 0) is 49.3 Å². The van der Waals surface area contributed by atoms with E-state index < -0.39 is 11.7 Å². The maximum absolute atomic E-state index is 13.2. The second-order valence-corrected chi connectivity index (χ2v) is 7.14. The lowest BCUT2D eigenvalue weighted by Gasteiger charge is -2.32. The molecular weight excluding hydrogens is 343 g/mol. The Hall–Kier alpha value is -2.31. The molecule has 1 heterocycles. The molecule has 1 N–H and O–H groups in total. The van der Waals surface area contributed by atoms with Gasteiger partial charge in [-0.25, -0.2) is 4.68 Å². The quantitative estimate of drug-likeness (QED) is 0.874. The number of benzene rings is 1. The van der Waals surface area contributed by atoms with Gasteiger partial charge in [-0.15, -0.1) is 0 Å². The highest BCUT2D eigenvalue weighted by Gasteiger charge is 2.34. The van der Waals surface area contributed by atoms with Crippen LogP contribution in [0, 0.1) is 11.8 Å². The van der Waals surface area contributed by atoms with Crippen LogP contribution < -0.4 is 5.32 Å². The third-order valence-corrected chi connectivity index (χ3v) is 5.03. The van der Waals surface area contributed by atoms with Crippen LogP contribution in [-0.4, -0.2) is 21.7 Å². The minimum atomic E-state index is -4.49. The second-order valence-electron chi connectivity index (χ2n) is 7.14. The van der Waals surface area contributed by atoms with E-state index in [-0.39, 0.29) is 23.3 Å². The summed E-state index contributed by atoms with van der Waals surface area (Å²) in [5.41, 5.74) is -0.767. The zero-order chi connectivity index (χ0) is 18.9. The molecule has 1 aromatic heterocycles. The average Bonchev–Trinajstić information content (AvgIpc) is 3.06. The minimum Gasteiger partial charge on any atom is -0.348 e. The Morgan fingerprint density at radius 3 is 2.62 bits per heavy atom. The van der Waals surface area contributed by atoms with Crippen LogP contribution in [0.25, 0.3) is 5.69 Å². The SMILES string of the molecule is CC1CCC(NC(=O)c2ccn(-c3ccccc3C(F)(F)F)n2)C(C)C1. The Balaban J connectivity index is 1.77. The number of amides is 1. The predicted octanol–water partition coefficient (Wildman–Crippen LogP) is 4.45. The van der Waals surface area contributed by atoms with Gasteiger partial charge in [0.2, 0.25) is 0 Å². The molecule has 3 unspecified atom stereocenters. The standard InChI is InChI=1S/C19H22F3N3O/c1-12-7-8-15(13(2)11-12)23-18(26)16-9-10-25(24-16)17-6-4-3-5-14(17)19(20,21)22/h3-6,9-10,12-13,15H,7-8,11H2,1-2H3,(H,23,26). The molecule has 0 bridgehead atoms. The number of carbonyl (C=O) groups excluding carboxylic acids is 1. The number of hydrogen-bond donors (Lipinski definition) is 1. The van der Waals surface area contributed by atoms with Crippen molar-refractivity contribution in [1.82, 2.24) is 15.1 Å². The number of carbonyl (C=O) groups is 1. The summed E-state index contributed by atoms with van der Waals surface area (Å²) in [5.74, 6) is 0.673. The number of aromatic nitrogens is 2. The lowest BCUT2D eigenvalue weighted by molar-refractivity contribution is -0.137. The summed E-state index contributed by atoms with van der Waals surface area (Å²) >= 11 is 0. The maximum Gasteiger partial charge on any atom is 0.418 e. The summed E-state index contributed by atoms with van der Waals surface area (Å²) in [4.78, 5) is 12.5. The van der Waals surface area contributed by atoms with Gasteiger partial charge in [0, 0.05) is 12.2 Å². The summed E-state index contributed by atoms with van der Waals surface area (Å²) in [6.07, 6.45) is -0.0855. The molecule has 7 heteroatoms. The highest BCUT2D eigenvalue weighted by atomic mass is 19.4. The Bertz CT molecular complexity index is 784. The molecule has 0 aliphatic heterocycles. The zero-order valence-corrected chi connectivity index (χ0v) is 14.8. The Kier molecular flexibility index (Phi) is 5.07. The zero-order valence-electron chi connectivity index (χ0n) is 14.8. The van der Waals surface area contributed by atoms with Crippen molar-refractivity contribution in [2.45, 2.75) is 45.3 Å². The van der Waals surface area contributed by atoms with Gasteiger partial charge >= 0.3 is 6.18 Å². The molecular formula is C19H22F3N3O. The number of alkyl halides is 3. The first-order valence-corrected chi connectivity index (χ1v) is 8.79. The average molecular weight is 365 g/mol. The summed E-state index contributed by atoms with van der Waals surface area (Å²) in [6.45, 7) is 4.31. The van der Waals surface area contributed by atoms with Gasteiger partial charge in [0.05, 0.1) is 11.3 Å². The number of hydrogen-bond acceptors (Lipinski definition) is 2. The van der Waals surface area contributed by atoms with E-state index in [0.717, 1.165) is 30.0 Å². The van der Waals surface area contributed by atoms with E-state index in [1.165, 1.54) is 30.5 Å². The van der Waals surface area contributed by atoms with Crippen LogP contribution in [0.2, 0.25) is 0 Å². The van der Waals surface area contributed by atoms with Crippen LogP contribution >= 0.6 is 0 Å². The molecule has 1 aliphatic carbocycles. The molecule has 4 nitrogen and oxygen atoms in total. The Morgan fingerprint density at radius 1 is 1.19 bits per heavy atom. The first kappa shape index (κ1) is 18.5. The smallest absolute Gasteiger partial charge is 0.348 e. The predicted molar refractivity (Wildman–Crippen MR) is 92.0 cm³/mol. The monoisotopic (exact) mass is 365 g/mol. The molecule has 140 valence electrons. The van der Waals surface area contributed by atoms with Crippen molar-refractivity contribution in [2.24, 2.45) is 11.8 Å². The van der Waals surface area contributed by atoms with Gasteiger partial charge in [0.1, 0.15) is 0 Å². The van der Waals surface area contributed by atoms with Crippen molar-refractivity contribution in [3.63, 3.8) is 0 Å². The molecule has 1 saturated carbocycles. The van der Waals surface area contributed by atoms with Crippen LogP contribution in [0.15, 0.2) is 36.5 Å². The first-order chi connectivity index (χ1) is 12.3. The van der Waals surface area contributed by atoms with Gasteiger partial charge in [-0.2, -0.15) is 18.3 Å². The number of halogens is 3. The van der Waals surface area contributed by atoms with E-state index >= 15 is 0 Å². The molecule has 1 aliphatic rings. The van der Waals surface area contributed by atoms with E-state index in [2.05, 4.69) is 24.3 Å². The van der Waals surface area contributed by atoms with Crippen molar-refractivity contribution in [2.75, 3.05) is 0 Å². The van der Waals surface area contributed by atoms with E-state index in [0.29, 0.717) is 11.8 Å². The van der Waals surface area contributed by atoms with Crippen molar-refractivity contribution in [3.8, 4) is 5.69 Å². The molecule has 3 rings (SSSR count). The molecule has 0 saturated heterocycles. The fraction of sp³-hybridized carbons (Fsp3) is 0.474. The van der Waals surface area contributed by atoms with Crippen molar-refractivity contribution in [1.29, 1.82) is 0 Å². The largest absolute Gasteiger partial charge is 0.418 e. The van der Waals surface area contributed by atoms with Crippen molar-refractivity contribution >= 4 is 5.91 Å². The van der Waals surface area contributed by atoms with E-state index in [9.17, 15) is 18.0 Å². The topological polar surface area (TPSA) is 46.9 Å². The molecule has 1 amide bonds. The molecule has 1 fully saturated rings. The molecule has 1 aromatic carbocycles. The lowest BCUT2D eigenvalue weighted by atomic mass is 9.80. The normalized spacial score (nSPS) is 23.7. The maximum atomic E-state index is 13.2. The molecule has 0 spiro atoms. The van der Waals surface area contributed by atoms with Crippen LogP contribution in [0.5, 0.6) is 0 Å². The third kappa shape index (κ3) is 3.92. The van der Waals surface area contributed by atoms with E-state index in [1.54, 1.807) is 0 Å². The number of nitrogens with zero attached hydrogens (tertiary/aromatic N) is 2. The first-order valence-electron chi connectivity index (χ1n) is 8.79. The Labute approximate surface area is 150 Å². The Morgan fingerprint density at radius 2 is 1.92 bits per heavy atom.